The van der Waals surface area contributed by atoms with Gasteiger partial charge in [0.05, 0.1) is 6.10 Å². The minimum Gasteiger partial charge on any atom is -0.387 e. The molecule has 0 unspecified atom stereocenters. The Morgan fingerprint density at radius 3 is 1.78 bits per heavy atom. The molecule has 0 radical (unpaired) electrons. The molecule has 0 spiro atoms. The van der Waals surface area contributed by atoms with E-state index in [-0.39, 0.29) is 5.41 Å². The Bertz CT molecular complexity index is 722. The molecular weight excluding hydrogens is 280 g/mol. The fourth-order valence-corrected chi connectivity index (χ4v) is 3.20. The van der Waals surface area contributed by atoms with Gasteiger partial charge < -0.3 is 5.11 Å². The van der Waals surface area contributed by atoms with E-state index in [0.717, 1.165) is 17.5 Å². The highest BCUT2D eigenvalue weighted by atomic mass is 16.3. The SMILES string of the molecule is C[C@@](Cc1ccccc1)(c1ccccc1)[C@@H](O)c1ccccc1. The predicted octanol–water partition coefficient (Wildman–Crippen LogP) is 4.92. The van der Waals surface area contributed by atoms with Crippen LogP contribution in [0.4, 0.5) is 0 Å². The first-order valence-corrected chi connectivity index (χ1v) is 8.02. The molecular formula is C22H22O. The molecule has 0 fully saturated rings. The monoisotopic (exact) mass is 302 g/mol. The molecule has 0 saturated carbocycles. The number of rotatable bonds is 5. The van der Waals surface area contributed by atoms with Gasteiger partial charge in [-0.25, -0.2) is 0 Å². The molecule has 2 atom stereocenters. The van der Waals surface area contributed by atoms with Crippen molar-refractivity contribution in [1.29, 1.82) is 0 Å². The molecule has 0 aromatic heterocycles. The second-order valence-electron chi connectivity index (χ2n) is 6.26. The lowest BCUT2D eigenvalue weighted by Crippen LogP contribution is -2.33. The summed E-state index contributed by atoms with van der Waals surface area (Å²) in [7, 11) is 0. The van der Waals surface area contributed by atoms with Crippen LogP contribution in [0.5, 0.6) is 0 Å². The van der Waals surface area contributed by atoms with Crippen molar-refractivity contribution in [2.75, 3.05) is 0 Å². The van der Waals surface area contributed by atoms with E-state index in [0.29, 0.717) is 0 Å². The van der Waals surface area contributed by atoms with Crippen molar-refractivity contribution in [2.24, 2.45) is 0 Å². The lowest BCUT2D eigenvalue weighted by atomic mass is 9.71. The number of aliphatic hydroxyl groups is 1. The molecule has 0 aliphatic carbocycles. The smallest absolute Gasteiger partial charge is 0.0887 e. The fourth-order valence-electron chi connectivity index (χ4n) is 3.20. The Hall–Kier alpha value is -2.38. The average Bonchev–Trinajstić information content (AvgIpc) is 2.63. The van der Waals surface area contributed by atoms with E-state index in [1.165, 1.54) is 5.56 Å². The van der Waals surface area contributed by atoms with Crippen LogP contribution in [0, 0.1) is 0 Å². The maximum Gasteiger partial charge on any atom is 0.0887 e. The predicted molar refractivity (Wildman–Crippen MR) is 95.3 cm³/mol. The molecule has 3 aromatic rings. The standard InChI is InChI=1S/C22H22O/c1-22(20-15-9-4-10-16-20,17-18-11-5-2-6-12-18)21(23)19-13-7-3-8-14-19/h2-16,21,23H,17H2,1H3/t21-,22+/m0/s1. The summed E-state index contributed by atoms with van der Waals surface area (Å²) in [6.07, 6.45) is 0.222. The van der Waals surface area contributed by atoms with E-state index in [4.69, 9.17) is 0 Å². The molecule has 1 heteroatoms. The van der Waals surface area contributed by atoms with Crippen molar-refractivity contribution >= 4 is 0 Å². The van der Waals surface area contributed by atoms with Gasteiger partial charge >= 0.3 is 0 Å². The first kappa shape index (κ1) is 15.5. The van der Waals surface area contributed by atoms with Gasteiger partial charge in [-0.15, -0.1) is 0 Å². The minimum atomic E-state index is -0.564. The summed E-state index contributed by atoms with van der Waals surface area (Å²) in [5.41, 5.74) is 2.95. The zero-order valence-electron chi connectivity index (χ0n) is 13.4. The number of aliphatic hydroxyl groups excluding tert-OH is 1. The van der Waals surface area contributed by atoms with Crippen molar-refractivity contribution in [2.45, 2.75) is 24.9 Å². The minimum absolute atomic E-state index is 0.385. The largest absolute Gasteiger partial charge is 0.387 e. The molecule has 0 heterocycles. The van der Waals surface area contributed by atoms with Gasteiger partial charge in [0, 0.05) is 5.41 Å². The van der Waals surface area contributed by atoms with Gasteiger partial charge in [-0.1, -0.05) is 97.9 Å². The van der Waals surface area contributed by atoms with Gasteiger partial charge in [0.2, 0.25) is 0 Å². The molecule has 0 amide bonds. The van der Waals surface area contributed by atoms with Gasteiger partial charge in [0.15, 0.2) is 0 Å². The second kappa shape index (κ2) is 6.80. The van der Waals surface area contributed by atoms with Crippen LogP contribution in [0.25, 0.3) is 0 Å². The molecule has 0 saturated heterocycles. The third-order valence-electron chi connectivity index (χ3n) is 4.57. The highest BCUT2D eigenvalue weighted by Crippen LogP contribution is 2.40. The highest BCUT2D eigenvalue weighted by Gasteiger charge is 2.35. The first-order valence-electron chi connectivity index (χ1n) is 8.02. The lowest BCUT2D eigenvalue weighted by molar-refractivity contribution is 0.0893. The van der Waals surface area contributed by atoms with Crippen LogP contribution in [-0.2, 0) is 11.8 Å². The Balaban J connectivity index is 2.03. The van der Waals surface area contributed by atoms with Crippen molar-refractivity contribution in [1.82, 2.24) is 0 Å². The van der Waals surface area contributed by atoms with Crippen molar-refractivity contribution in [3.05, 3.63) is 108 Å². The van der Waals surface area contributed by atoms with E-state index < -0.39 is 6.10 Å². The number of hydrogen-bond donors (Lipinski definition) is 1. The maximum absolute atomic E-state index is 11.2. The summed E-state index contributed by atoms with van der Waals surface area (Å²) >= 11 is 0. The van der Waals surface area contributed by atoms with E-state index >= 15 is 0 Å². The van der Waals surface area contributed by atoms with Gasteiger partial charge in [0.1, 0.15) is 0 Å². The fraction of sp³-hybridized carbons (Fsp3) is 0.182. The van der Waals surface area contributed by atoms with E-state index in [1.54, 1.807) is 0 Å². The summed E-state index contributed by atoms with van der Waals surface area (Å²) < 4.78 is 0. The zero-order chi connectivity index (χ0) is 16.1. The van der Waals surface area contributed by atoms with Gasteiger partial charge in [-0.3, -0.25) is 0 Å². The molecule has 23 heavy (non-hydrogen) atoms. The molecule has 3 aromatic carbocycles. The van der Waals surface area contributed by atoms with E-state index in [9.17, 15) is 5.11 Å². The molecule has 1 nitrogen and oxygen atoms in total. The summed E-state index contributed by atoms with van der Waals surface area (Å²) in [5.74, 6) is 0. The Labute approximate surface area is 138 Å². The summed E-state index contributed by atoms with van der Waals surface area (Å²) in [5, 5.41) is 11.2. The quantitative estimate of drug-likeness (QED) is 0.709. The zero-order valence-corrected chi connectivity index (χ0v) is 13.4. The molecule has 1 N–H and O–H groups in total. The molecule has 0 aliphatic heterocycles. The van der Waals surface area contributed by atoms with Gasteiger partial charge in [-0.05, 0) is 23.1 Å². The van der Waals surface area contributed by atoms with E-state index in [1.807, 2.05) is 54.6 Å². The highest BCUT2D eigenvalue weighted by molar-refractivity contribution is 5.34. The molecule has 3 rings (SSSR count). The van der Waals surface area contributed by atoms with Crippen LogP contribution in [0.1, 0.15) is 29.7 Å². The molecule has 0 aliphatic rings. The topological polar surface area (TPSA) is 20.2 Å². The third-order valence-corrected chi connectivity index (χ3v) is 4.57. The van der Waals surface area contributed by atoms with Crippen molar-refractivity contribution < 1.29 is 5.11 Å². The molecule has 0 bridgehead atoms. The third kappa shape index (κ3) is 3.35. The number of benzene rings is 3. The van der Waals surface area contributed by atoms with Crippen LogP contribution in [0.2, 0.25) is 0 Å². The van der Waals surface area contributed by atoms with Crippen LogP contribution >= 0.6 is 0 Å². The summed E-state index contributed by atoms with van der Waals surface area (Å²) in [6.45, 7) is 2.15. The van der Waals surface area contributed by atoms with Crippen molar-refractivity contribution in [3.8, 4) is 0 Å². The van der Waals surface area contributed by atoms with Crippen LogP contribution < -0.4 is 0 Å². The van der Waals surface area contributed by atoms with Crippen LogP contribution in [-0.4, -0.2) is 5.11 Å². The Kier molecular flexibility index (Phi) is 4.59. The van der Waals surface area contributed by atoms with Crippen molar-refractivity contribution in [3.63, 3.8) is 0 Å². The maximum atomic E-state index is 11.2. The van der Waals surface area contributed by atoms with E-state index in [2.05, 4.69) is 43.3 Å². The normalized spacial score (nSPS) is 14.9. The first-order chi connectivity index (χ1) is 11.2. The van der Waals surface area contributed by atoms with Crippen LogP contribution in [0.15, 0.2) is 91.0 Å². The van der Waals surface area contributed by atoms with Gasteiger partial charge in [0.25, 0.3) is 0 Å². The summed E-state index contributed by atoms with van der Waals surface area (Å²) in [6, 6.07) is 30.6. The average molecular weight is 302 g/mol. The number of hydrogen-bond acceptors (Lipinski definition) is 1. The van der Waals surface area contributed by atoms with Crippen LogP contribution in [0.3, 0.4) is 0 Å². The Morgan fingerprint density at radius 2 is 1.22 bits per heavy atom. The molecule has 116 valence electrons. The lowest BCUT2D eigenvalue weighted by Gasteiger charge is -2.36. The second-order valence-corrected chi connectivity index (χ2v) is 6.26. The summed E-state index contributed by atoms with van der Waals surface area (Å²) in [4.78, 5) is 0. The van der Waals surface area contributed by atoms with Gasteiger partial charge in [-0.2, -0.15) is 0 Å². The Morgan fingerprint density at radius 1 is 0.739 bits per heavy atom.